The maximum Gasteiger partial charge on any atom is 0.249 e. The molecule has 1 amide bonds. The Hall–Kier alpha value is -3.29. The number of rotatable bonds is 5. The highest BCUT2D eigenvalue weighted by Crippen LogP contribution is 2.20. The molecule has 25 heavy (non-hydrogen) atoms. The van der Waals surface area contributed by atoms with Crippen LogP contribution in [-0.2, 0) is 4.79 Å². The molecule has 0 unspecified atom stereocenters. The fourth-order valence-electron chi connectivity index (χ4n) is 2.29. The SMILES string of the molecule is CCC(=O)Nc1ccc(-c2nc(Nc3nc(C)cc(C)n3)n[nH]2)cc1. The minimum Gasteiger partial charge on any atom is -0.326 e. The molecule has 0 atom stereocenters. The number of hydrogen-bond donors (Lipinski definition) is 3. The van der Waals surface area contributed by atoms with Gasteiger partial charge in [-0.1, -0.05) is 6.92 Å². The Morgan fingerprint density at radius 2 is 1.72 bits per heavy atom. The number of aryl methyl sites for hydroxylation is 2. The number of carbonyl (C=O) groups excluding carboxylic acids is 1. The van der Waals surface area contributed by atoms with Crippen molar-refractivity contribution in [2.75, 3.05) is 10.6 Å². The predicted octanol–water partition coefficient (Wildman–Crippen LogP) is 2.97. The van der Waals surface area contributed by atoms with E-state index < -0.39 is 0 Å². The number of benzene rings is 1. The van der Waals surface area contributed by atoms with Crippen molar-refractivity contribution in [2.24, 2.45) is 0 Å². The van der Waals surface area contributed by atoms with E-state index in [0.717, 1.165) is 22.6 Å². The average Bonchev–Trinajstić information content (AvgIpc) is 3.03. The van der Waals surface area contributed by atoms with Crippen LogP contribution in [0.3, 0.4) is 0 Å². The highest BCUT2D eigenvalue weighted by atomic mass is 16.1. The zero-order valence-electron chi connectivity index (χ0n) is 14.3. The summed E-state index contributed by atoms with van der Waals surface area (Å²) in [5, 5.41) is 12.8. The van der Waals surface area contributed by atoms with Crippen LogP contribution >= 0.6 is 0 Å². The van der Waals surface area contributed by atoms with E-state index in [9.17, 15) is 4.79 Å². The lowest BCUT2D eigenvalue weighted by Crippen LogP contribution is -2.09. The summed E-state index contributed by atoms with van der Waals surface area (Å²) in [5.41, 5.74) is 3.35. The lowest BCUT2D eigenvalue weighted by atomic mass is 10.2. The molecule has 2 aromatic heterocycles. The van der Waals surface area contributed by atoms with Crippen LogP contribution < -0.4 is 10.6 Å². The predicted molar refractivity (Wildman–Crippen MR) is 95.5 cm³/mol. The molecule has 0 aliphatic rings. The molecule has 3 rings (SSSR count). The molecule has 0 spiro atoms. The number of anilines is 3. The molecule has 128 valence electrons. The first kappa shape index (κ1) is 16.6. The van der Waals surface area contributed by atoms with E-state index in [2.05, 4.69) is 35.8 Å². The number of aromatic nitrogens is 5. The van der Waals surface area contributed by atoms with Gasteiger partial charge in [0.2, 0.25) is 17.8 Å². The van der Waals surface area contributed by atoms with E-state index in [0.29, 0.717) is 24.1 Å². The van der Waals surface area contributed by atoms with Crippen molar-refractivity contribution < 1.29 is 4.79 Å². The van der Waals surface area contributed by atoms with Crippen LogP contribution in [0.1, 0.15) is 24.7 Å². The molecular formula is C17H19N7O. The molecule has 0 aliphatic carbocycles. The summed E-state index contributed by atoms with van der Waals surface area (Å²) in [6.45, 7) is 5.62. The van der Waals surface area contributed by atoms with Gasteiger partial charge in [0.15, 0.2) is 5.82 Å². The Kier molecular flexibility index (Phi) is 4.69. The molecule has 3 aromatic rings. The molecule has 0 fully saturated rings. The second-order valence-electron chi connectivity index (χ2n) is 5.59. The first-order valence-electron chi connectivity index (χ1n) is 7.95. The molecule has 2 heterocycles. The molecule has 1 aromatic carbocycles. The van der Waals surface area contributed by atoms with Crippen LogP contribution in [0.15, 0.2) is 30.3 Å². The first-order chi connectivity index (χ1) is 12.0. The molecule has 8 heteroatoms. The van der Waals surface area contributed by atoms with Crippen LogP contribution in [-0.4, -0.2) is 31.1 Å². The topological polar surface area (TPSA) is 108 Å². The molecule has 3 N–H and O–H groups in total. The van der Waals surface area contributed by atoms with Gasteiger partial charge in [0.25, 0.3) is 0 Å². The Balaban J connectivity index is 1.73. The highest BCUT2D eigenvalue weighted by molar-refractivity contribution is 5.90. The number of amides is 1. The van der Waals surface area contributed by atoms with E-state index in [1.54, 1.807) is 0 Å². The van der Waals surface area contributed by atoms with Crippen LogP contribution in [0.2, 0.25) is 0 Å². The monoisotopic (exact) mass is 337 g/mol. The van der Waals surface area contributed by atoms with E-state index in [1.807, 2.05) is 51.1 Å². The smallest absolute Gasteiger partial charge is 0.249 e. The third-order valence-corrected chi connectivity index (χ3v) is 3.45. The number of hydrogen-bond acceptors (Lipinski definition) is 6. The van der Waals surface area contributed by atoms with E-state index in [1.165, 1.54) is 0 Å². The van der Waals surface area contributed by atoms with Crippen molar-refractivity contribution in [3.8, 4) is 11.4 Å². The second kappa shape index (κ2) is 7.08. The summed E-state index contributed by atoms with van der Waals surface area (Å²) in [6, 6.07) is 9.27. The Labute approximate surface area is 145 Å². The summed E-state index contributed by atoms with van der Waals surface area (Å²) in [6.07, 6.45) is 0.444. The Bertz CT molecular complexity index is 866. The molecule has 0 radical (unpaired) electrons. The van der Waals surface area contributed by atoms with Crippen molar-refractivity contribution in [1.29, 1.82) is 0 Å². The quantitative estimate of drug-likeness (QED) is 0.660. The van der Waals surface area contributed by atoms with Gasteiger partial charge >= 0.3 is 0 Å². The summed E-state index contributed by atoms with van der Waals surface area (Å²) >= 11 is 0. The van der Waals surface area contributed by atoms with Gasteiger partial charge in [-0.25, -0.2) is 9.97 Å². The van der Waals surface area contributed by atoms with Gasteiger partial charge in [-0.2, -0.15) is 4.98 Å². The lowest BCUT2D eigenvalue weighted by molar-refractivity contribution is -0.115. The highest BCUT2D eigenvalue weighted by Gasteiger charge is 2.08. The number of carbonyl (C=O) groups is 1. The van der Waals surface area contributed by atoms with Gasteiger partial charge in [-0.3, -0.25) is 15.2 Å². The summed E-state index contributed by atoms with van der Waals surface area (Å²) in [5.74, 6) is 1.44. The van der Waals surface area contributed by atoms with E-state index >= 15 is 0 Å². The zero-order valence-corrected chi connectivity index (χ0v) is 14.3. The van der Waals surface area contributed by atoms with Gasteiger partial charge in [0.05, 0.1) is 0 Å². The molecule has 0 saturated heterocycles. The first-order valence-corrected chi connectivity index (χ1v) is 7.95. The maximum absolute atomic E-state index is 11.4. The summed E-state index contributed by atoms with van der Waals surface area (Å²) < 4.78 is 0. The van der Waals surface area contributed by atoms with E-state index in [-0.39, 0.29) is 5.91 Å². The summed E-state index contributed by atoms with van der Waals surface area (Å²) in [4.78, 5) is 24.4. The van der Waals surface area contributed by atoms with Gasteiger partial charge in [0.1, 0.15) is 0 Å². The Morgan fingerprint density at radius 1 is 1.04 bits per heavy atom. The van der Waals surface area contributed by atoms with Crippen LogP contribution in [0.4, 0.5) is 17.6 Å². The number of nitrogens with one attached hydrogen (secondary N) is 3. The van der Waals surface area contributed by atoms with Crippen molar-refractivity contribution in [3.05, 3.63) is 41.7 Å². The number of H-pyrrole nitrogens is 1. The zero-order chi connectivity index (χ0) is 17.8. The van der Waals surface area contributed by atoms with Crippen molar-refractivity contribution in [2.45, 2.75) is 27.2 Å². The fraction of sp³-hybridized carbons (Fsp3) is 0.235. The standard InChI is InChI=1S/C17H19N7O/c1-4-14(25)20-13-7-5-12(6-8-13)15-21-17(24-23-15)22-16-18-10(2)9-11(3)19-16/h5-9H,4H2,1-3H3,(H,20,25)(H2,18,19,21,22,23,24). The fourth-order valence-corrected chi connectivity index (χ4v) is 2.29. The van der Waals surface area contributed by atoms with Crippen LogP contribution in [0, 0.1) is 13.8 Å². The molecule has 0 saturated carbocycles. The van der Waals surface area contributed by atoms with Gasteiger partial charge in [-0.15, -0.1) is 5.10 Å². The molecular weight excluding hydrogens is 318 g/mol. The van der Waals surface area contributed by atoms with Gasteiger partial charge < -0.3 is 5.32 Å². The van der Waals surface area contributed by atoms with Crippen molar-refractivity contribution in [3.63, 3.8) is 0 Å². The van der Waals surface area contributed by atoms with Crippen molar-refractivity contribution >= 4 is 23.5 Å². The normalized spacial score (nSPS) is 10.5. The largest absolute Gasteiger partial charge is 0.326 e. The number of aromatic amines is 1. The minimum atomic E-state index is -0.0210. The van der Waals surface area contributed by atoms with Crippen LogP contribution in [0.5, 0.6) is 0 Å². The molecule has 0 aliphatic heterocycles. The Morgan fingerprint density at radius 3 is 2.36 bits per heavy atom. The average molecular weight is 337 g/mol. The molecule has 8 nitrogen and oxygen atoms in total. The lowest BCUT2D eigenvalue weighted by Gasteiger charge is -2.04. The number of nitrogens with zero attached hydrogens (tertiary/aromatic N) is 4. The summed E-state index contributed by atoms with van der Waals surface area (Å²) in [7, 11) is 0. The maximum atomic E-state index is 11.4. The van der Waals surface area contributed by atoms with E-state index in [4.69, 9.17) is 0 Å². The van der Waals surface area contributed by atoms with Gasteiger partial charge in [-0.05, 0) is 44.2 Å². The molecule has 0 bridgehead atoms. The third-order valence-electron chi connectivity index (χ3n) is 3.45. The second-order valence-corrected chi connectivity index (χ2v) is 5.59. The van der Waals surface area contributed by atoms with Crippen LogP contribution in [0.25, 0.3) is 11.4 Å². The van der Waals surface area contributed by atoms with Crippen molar-refractivity contribution in [1.82, 2.24) is 25.1 Å². The minimum absolute atomic E-state index is 0.0210. The van der Waals surface area contributed by atoms with Gasteiger partial charge in [0, 0.05) is 29.1 Å². The third kappa shape index (κ3) is 4.17.